The number of aryl methyl sites for hydroxylation is 2. The minimum atomic E-state index is -0.291. The van der Waals surface area contributed by atoms with E-state index in [0.717, 1.165) is 48.3 Å². The number of aliphatic hydroxyl groups is 1. The lowest BCUT2D eigenvalue weighted by atomic mass is 9.78. The smallest absolute Gasteiger partial charge is 0.0738 e. The third kappa shape index (κ3) is 3.62. The summed E-state index contributed by atoms with van der Waals surface area (Å²) in [5.41, 5.74) is 2.10. The van der Waals surface area contributed by atoms with E-state index in [1.54, 1.807) is 0 Å². The Morgan fingerprint density at radius 3 is 2.75 bits per heavy atom. The Labute approximate surface area is 129 Å². The van der Waals surface area contributed by atoms with Gasteiger partial charge in [-0.2, -0.15) is 5.10 Å². The minimum Gasteiger partial charge on any atom is -0.393 e. The molecule has 0 aliphatic heterocycles. The molecule has 1 aromatic heterocycles. The summed E-state index contributed by atoms with van der Waals surface area (Å²) in [6.45, 7) is 7.73. The van der Waals surface area contributed by atoms with Crippen molar-refractivity contribution in [1.82, 2.24) is 9.78 Å². The second-order valence-electron chi connectivity index (χ2n) is 5.67. The first-order valence-electron chi connectivity index (χ1n) is 7.56. The van der Waals surface area contributed by atoms with Crippen LogP contribution in [0.2, 0.25) is 0 Å². The molecular formula is C15H25BrN2O2. The van der Waals surface area contributed by atoms with Crippen molar-refractivity contribution in [3.05, 3.63) is 15.9 Å². The van der Waals surface area contributed by atoms with Gasteiger partial charge >= 0.3 is 0 Å². The van der Waals surface area contributed by atoms with Crippen LogP contribution in [-0.4, -0.2) is 33.7 Å². The Hall–Kier alpha value is -0.390. The summed E-state index contributed by atoms with van der Waals surface area (Å²) >= 11 is 3.58. The first kappa shape index (κ1) is 16.0. The Morgan fingerprint density at radius 1 is 1.45 bits per heavy atom. The molecule has 0 saturated heterocycles. The van der Waals surface area contributed by atoms with Crippen molar-refractivity contribution in [2.75, 3.05) is 6.61 Å². The van der Waals surface area contributed by atoms with Crippen LogP contribution in [0.5, 0.6) is 0 Å². The van der Waals surface area contributed by atoms with E-state index in [4.69, 9.17) is 4.74 Å². The van der Waals surface area contributed by atoms with E-state index in [2.05, 4.69) is 28.0 Å². The van der Waals surface area contributed by atoms with Gasteiger partial charge in [-0.3, -0.25) is 4.68 Å². The molecular weight excluding hydrogens is 320 g/mol. The average molecular weight is 345 g/mol. The van der Waals surface area contributed by atoms with Crippen LogP contribution >= 0.6 is 15.9 Å². The second-order valence-corrected chi connectivity index (χ2v) is 6.46. The molecule has 1 fully saturated rings. The van der Waals surface area contributed by atoms with Crippen LogP contribution in [-0.2, 0) is 17.7 Å². The van der Waals surface area contributed by atoms with Gasteiger partial charge in [0.15, 0.2) is 0 Å². The molecule has 1 saturated carbocycles. The van der Waals surface area contributed by atoms with Gasteiger partial charge in [0.25, 0.3) is 0 Å². The van der Waals surface area contributed by atoms with E-state index in [0.29, 0.717) is 18.4 Å². The highest BCUT2D eigenvalue weighted by Crippen LogP contribution is 2.34. The van der Waals surface area contributed by atoms with Crippen LogP contribution in [0.4, 0.5) is 0 Å². The Bertz CT molecular complexity index is 441. The van der Waals surface area contributed by atoms with E-state index in [1.165, 1.54) is 0 Å². The summed E-state index contributed by atoms with van der Waals surface area (Å²) in [6, 6.07) is 0. The molecule has 0 amide bonds. The number of hydrogen-bond acceptors (Lipinski definition) is 3. The fourth-order valence-corrected chi connectivity index (χ4v) is 3.44. The lowest BCUT2D eigenvalue weighted by Crippen LogP contribution is -2.34. The van der Waals surface area contributed by atoms with Crippen molar-refractivity contribution in [1.29, 1.82) is 0 Å². The van der Waals surface area contributed by atoms with Crippen LogP contribution in [0.25, 0.3) is 0 Å². The minimum absolute atomic E-state index is 0.291. The zero-order valence-corrected chi connectivity index (χ0v) is 14.2. The number of hydrogen-bond donors (Lipinski definition) is 1. The topological polar surface area (TPSA) is 47.3 Å². The van der Waals surface area contributed by atoms with E-state index in [-0.39, 0.29) is 6.10 Å². The number of halogens is 1. The summed E-state index contributed by atoms with van der Waals surface area (Å²) in [4.78, 5) is 0. The van der Waals surface area contributed by atoms with Gasteiger partial charge in [0.1, 0.15) is 0 Å². The molecule has 1 heterocycles. The standard InChI is InChI=1S/C15H25BrN2O2/c1-4-18-14(15(16)10(3)17-18)9-12(19)6-11-7-13(8-11)20-5-2/h11-13,19H,4-9H2,1-3H3. The predicted octanol–water partition coefficient (Wildman–Crippen LogP) is 3.08. The van der Waals surface area contributed by atoms with Crippen LogP contribution < -0.4 is 0 Å². The number of ether oxygens (including phenoxy) is 1. The Morgan fingerprint density at radius 2 is 2.15 bits per heavy atom. The van der Waals surface area contributed by atoms with Crippen molar-refractivity contribution < 1.29 is 9.84 Å². The lowest BCUT2D eigenvalue weighted by molar-refractivity contribution is -0.0377. The molecule has 1 atom stereocenters. The zero-order chi connectivity index (χ0) is 14.7. The highest BCUT2D eigenvalue weighted by molar-refractivity contribution is 9.10. The third-order valence-electron chi connectivity index (χ3n) is 4.08. The van der Waals surface area contributed by atoms with Crippen molar-refractivity contribution >= 4 is 15.9 Å². The fraction of sp³-hybridized carbons (Fsp3) is 0.800. The molecule has 114 valence electrons. The molecule has 0 aromatic carbocycles. The maximum Gasteiger partial charge on any atom is 0.0738 e. The van der Waals surface area contributed by atoms with Gasteiger partial charge in [-0.15, -0.1) is 0 Å². The van der Waals surface area contributed by atoms with Gasteiger partial charge in [0, 0.05) is 19.6 Å². The van der Waals surface area contributed by atoms with E-state index < -0.39 is 0 Å². The van der Waals surface area contributed by atoms with Crippen LogP contribution in [0, 0.1) is 12.8 Å². The van der Waals surface area contributed by atoms with Crippen molar-refractivity contribution in [2.24, 2.45) is 5.92 Å². The normalized spacial score (nSPS) is 23.6. The van der Waals surface area contributed by atoms with E-state index in [9.17, 15) is 5.11 Å². The number of nitrogens with zero attached hydrogens (tertiary/aromatic N) is 2. The molecule has 20 heavy (non-hydrogen) atoms. The van der Waals surface area contributed by atoms with Gasteiger partial charge in [-0.1, -0.05) is 0 Å². The van der Waals surface area contributed by atoms with Gasteiger partial charge < -0.3 is 9.84 Å². The van der Waals surface area contributed by atoms with Gasteiger partial charge in [0.05, 0.1) is 28.1 Å². The summed E-state index contributed by atoms with van der Waals surface area (Å²) in [5, 5.41) is 14.8. The summed E-state index contributed by atoms with van der Waals surface area (Å²) < 4.78 is 8.58. The summed E-state index contributed by atoms with van der Waals surface area (Å²) in [5.74, 6) is 0.611. The fourth-order valence-electron chi connectivity index (χ4n) is 2.99. The summed E-state index contributed by atoms with van der Waals surface area (Å²) in [7, 11) is 0. The molecule has 4 nitrogen and oxygen atoms in total. The van der Waals surface area contributed by atoms with Crippen LogP contribution in [0.15, 0.2) is 4.47 Å². The summed E-state index contributed by atoms with van der Waals surface area (Å²) in [6.07, 6.45) is 3.86. The average Bonchev–Trinajstić information content (AvgIpc) is 2.64. The van der Waals surface area contributed by atoms with E-state index in [1.807, 2.05) is 18.5 Å². The number of aliphatic hydroxyl groups excluding tert-OH is 1. The third-order valence-corrected chi connectivity index (χ3v) is 5.11. The Kier molecular flexibility index (Phi) is 5.64. The van der Waals surface area contributed by atoms with Crippen molar-refractivity contribution in [3.63, 3.8) is 0 Å². The van der Waals surface area contributed by atoms with Crippen LogP contribution in [0.3, 0.4) is 0 Å². The van der Waals surface area contributed by atoms with Gasteiger partial charge in [0.2, 0.25) is 0 Å². The molecule has 1 aliphatic rings. The number of rotatable bonds is 7. The van der Waals surface area contributed by atoms with Gasteiger partial charge in [-0.05, 0) is 61.9 Å². The maximum absolute atomic E-state index is 10.3. The molecule has 5 heteroatoms. The monoisotopic (exact) mass is 344 g/mol. The quantitative estimate of drug-likeness (QED) is 0.826. The molecule has 2 rings (SSSR count). The second kappa shape index (κ2) is 7.05. The largest absolute Gasteiger partial charge is 0.393 e. The highest BCUT2D eigenvalue weighted by Gasteiger charge is 2.31. The first-order chi connectivity index (χ1) is 9.55. The molecule has 1 unspecified atom stereocenters. The lowest BCUT2D eigenvalue weighted by Gasteiger charge is -2.36. The molecule has 1 N–H and O–H groups in total. The van der Waals surface area contributed by atoms with Crippen molar-refractivity contribution in [2.45, 2.75) is 65.2 Å². The highest BCUT2D eigenvalue weighted by atomic mass is 79.9. The molecule has 0 bridgehead atoms. The predicted molar refractivity (Wildman–Crippen MR) is 82.8 cm³/mol. The zero-order valence-electron chi connectivity index (χ0n) is 12.6. The number of aromatic nitrogens is 2. The van der Waals surface area contributed by atoms with Crippen LogP contribution in [0.1, 0.15) is 44.5 Å². The molecule has 0 radical (unpaired) electrons. The Balaban J connectivity index is 1.85. The first-order valence-corrected chi connectivity index (χ1v) is 8.35. The SMILES string of the molecule is CCOC1CC(CC(O)Cc2c(Br)c(C)nn2CC)C1. The van der Waals surface area contributed by atoms with E-state index >= 15 is 0 Å². The molecule has 1 aromatic rings. The van der Waals surface area contributed by atoms with Gasteiger partial charge in [-0.25, -0.2) is 0 Å². The molecule has 1 aliphatic carbocycles. The maximum atomic E-state index is 10.3. The van der Waals surface area contributed by atoms with Crippen molar-refractivity contribution in [3.8, 4) is 0 Å². The molecule has 0 spiro atoms.